The molecule has 0 radical (unpaired) electrons. The summed E-state index contributed by atoms with van der Waals surface area (Å²) >= 11 is 0. The summed E-state index contributed by atoms with van der Waals surface area (Å²) in [5.41, 5.74) is 2.02. The van der Waals surface area contributed by atoms with Gasteiger partial charge in [0.15, 0.2) is 0 Å². The molecule has 0 aliphatic heterocycles. The molecule has 1 N–H and O–H groups in total. The second-order valence-corrected chi connectivity index (χ2v) is 2.56. The smallest absolute Gasteiger partial charge is 0.0853 e. The second-order valence-electron chi connectivity index (χ2n) is 2.56. The van der Waals surface area contributed by atoms with Crippen LogP contribution in [0, 0.1) is 0 Å². The molecule has 0 amide bonds. The van der Waals surface area contributed by atoms with E-state index in [1.807, 2.05) is 12.1 Å². The van der Waals surface area contributed by atoms with E-state index < -0.39 is 0 Å². The normalized spacial score (nSPS) is 10.0. The van der Waals surface area contributed by atoms with E-state index in [2.05, 4.69) is 11.9 Å². The van der Waals surface area contributed by atoms with Crippen molar-refractivity contribution in [3.05, 3.63) is 29.6 Å². The molecule has 1 heterocycles. The van der Waals surface area contributed by atoms with Crippen LogP contribution in [-0.2, 0) is 13.0 Å². The summed E-state index contributed by atoms with van der Waals surface area (Å²) in [7, 11) is 0. The Labute approximate surface area is 66.9 Å². The van der Waals surface area contributed by atoms with Gasteiger partial charge in [-0.3, -0.25) is 4.98 Å². The van der Waals surface area contributed by atoms with E-state index in [9.17, 15) is 0 Å². The summed E-state index contributed by atoms with van der Waals surface area (Å²) < 4.78 is 0. The predicted octanol–water partition coefficient (Wildman–Crippen LogP) is 1.53. The predicted molar refractivity (Wildman–Crippen MR) is 44.2 cm³/mol. The minimum absolute atomic E-state index is 0.0392. The maximum atomic E-state index is 8.77. The summed E-state index contributed by atoms with van der Waals surface area (Å²) in [6.45, 7) is 2.18. The Morgan fingerprint density at radius 1 is 1.55 bits per heavy atom. The van der Waals surface area contributed by atoms with Crippen LogP contribution in [0.4, 0.5) is 0 Å². The van der Waals surface area contributed by atoms with Gasteiger partial charge in [-0.05, 0) is 24.1 Å². The van der Waals surface area contributed by atoms with Crippen LogP contribution >= 0.6 is 0 Å². The van der Waals surface area contributed by atoms with Gasteiger partial charge in [0.05, 0.1) is 12.3 Å². The van der Waals surface area contributed by atoms with Gasteiger partial charge in [0.25, 0.3) is 0 Å². The maximum absolute atomic E-state index is 8.77. The molecule has 60 valence electrons. The van der Waals surface area contributed by atoms with Crippen LogP contribution in [0.3, 0.4) is 0 Å². The second kappa shape index (κ2) is 4.09. The zero-order valence-corrected chi connectivity index (χ0v) is 6.75. The minimum atomic E-state index is 0.0392. The van der Waals surface area contributed by atoms with Crippen LogP contribution in [0.15, 0.2) is 18.3 Å². The van der Waals surface area contributed by atoms with Crippen LogP contribution in [0.25, 0.3) is 0 Å². The largest absolute Gasteiger partial charge is 0.390 e. The average molecular weight is 151 g/mol. The highest BCUT2D eigenvalue weighted by atomic mass is 16.3. The number of aliphatic hydroxyl groups is 1. The van der Waals surface area contributed by atoms with Gasteiger partial charge in [-0.1, -0.05) is 13.3 Å². The summed E-state index contributed by atoms with van der Waals surface area (Å²) in [6.07, 6.45) is 3.95. The van der Waals surface area contributed by atoms with Crippen LogP contribution in [0.1, 0.15) is 24.6 Å². The highest BCUT2D eigenvalue weighted by Crippen LogP contribution is 2.03. The van der Waals surface area contributed by atoms with Gasteiger partial charge in [-0.2, -0.15) is 0 Å². The molecule has 0 aliphatic carbocycles. The Morgan fingerprint density at radius 2 is 2.36 bits per heavy atom. The molecule has 0 aliphatic rings. The van der Waals surface area contributed by atoms with Gasteiger partial charge < -0.3 is 5.11 Å². The third kappa shape index (κ3) is 2.31. The van der Waals surface area contributed by atoms with Crippen molar-refractivity contribution in [2.75, 3.05) is 0 Å². The van der Waals surface area contributed by atoms with Crippen molar-refractivity contribution in [2.45, 2.75) is 26.4 Å². The molecule has 0 saturated heterocycles. The van der Waals surface area contributed by atoms with Crippen molar-refractivity contribution in [3.63, 3.8) is 0 Å². The third-order valence-corrected chi connectivity index (χ3v) is 1.58. The van der Waals surface area contributed by atoms with E-state index >= 15 is 0 Å². The van der Waals surface area contributed by atoms with Crippen LogP contribution in [0.5, 0.6) is 0 Å². The SMILES string of the molecule is CCCc1ccnc(CO)c1. The van der Waals surface area contributed by atoms with Gasteiger partial charge >= 0.3 is 0 Å². The van der Waals surface area contributed by atoms with E-state index in [-0.39, 0.29) is 6.61 Å². The first-order chi connectivity index (χ1) is 5.36. The van der Waals surface area contributed by atoms with Gasteiger partial charge in [0.2, 0.25) is 0 Å². The number of aromatic nitrogens is 1. The number of pyridine rings is 1. The fourth-order valence-electron chi connectivity index (χ4n) is 1.06. The minimum Gasteiger partial charge on any atom is -0.390 e. The van der Waals surface area contributed by atoms with Crippen molar-refractivity contribution < 1.29 is 5.11 Å². The van der Waals surface area contributed by atoms with E-state index in [4.69, 9.17) is 5.11 Å². The van der Waals surface area contributed by atoms with Gasteiger partial charge in [0.1, 0.15) is 0 Å². The molecule has 11 heavy (non-hydrogen) atoms. The van der Waals surface area contributed by atoms with Gasteiger partial charge in [0, 0.05) is 6.20 Å². The number of aliphatic hydroxyl groups excluding tert-OH is 1. The molecule has 0 aromatic carbocycles. The highest BCUT2D eigenvalue weighted by Gasteiger charge is 1.93. The molecule has 1 aromatic heterocycles. The first kappa shape index (κ1) is 8.21. The van der Waals surface area contributed by atoms with Crippen molar-refractivity contribution in [1.82, 2.24) is 4.98 Å². The maximum Gasteiger partial charge on any atom is 0.0853 e. The van der Waals surface area contributed by atoms with Gasteiger partial charge in [-0.15, -0.1) is 0 Å². The summed E-state index contributed by atoms with van der Waals surface area (Å²) in [5, 5.41) is 8.77. The summed E-state index contributed by atoms with van der Waals surface area (Å²) in [4.78, 5) is 3.99. The first-order valence-corrected chi connectivity index (χ1v) is 3.91. The van der Waals surface area contributed by atoms with E-state index in [0.29, 0.717) is 0 Å². The number of hydrogen-bond acceptors (Lipinski definition) is 2. The Hall–Kier alpha value is -0.890. The van der Waals surface area contributed by atoms with Crippen LogP contribution < -0.4 is 0 Å². The first-order valence-electron chi connectivity index (χ1n) is 3.91. The monoisotopic (exact) mass is 151 g/mol. The molecule has 0 bridgehead atoms. The molecule has 2 heteroatoms. The van der Waals surface area contributed by atoms with Crippen LogP contribution in [-0.4, -0.2) is 10.1 Å². The standard InChI is InChI=1S/C9H13NO/c1-2-3-8-4-5-10-9(6-8)7-11/h4-6,11H,2-3,7H2,1H3. The number of nitrogens with zero attached hydrogens (tertiary/aromatic N) is 1. The third-order valence-electron chi connectivity index (χ3n) is 1.58. The molecule has 1 aromatic rings. The topological polar surface area (TPSA) is 33.1 Å². The lowest BCUT2D eigenvalue weighted by Crippen LogP contribution is -1.91. The number of aryl methyl sites for hydroxylation is 1. The van der Waals surface area contributed by atoms with Gasteiger partial charge in [-0.25, -0.2) is 0 Å². The molecular formula is C9H13NO. The molecule has 0 saturated carbocycles. The summed E-state index contributed by atoms with van der Waals surface area (Å²) in [5.74, 6) is 0. The Balaban J connectivity index is 2.74. The Morgan fingerprint density at radius 3 is 3.00 bits per heavy atom. The molecule has 0 unspecified atom stereocenters. The van der Waals surface area contributed by atoms with E-state index in [1.165, 1.54) is 5.56 Å². The fourth-order valence-corrected chi connectivity index (χ4v) is 1.06. The molecule has 0 atom stereocenters. The zero-order chi connectivity index (χ0) is 8.10. The van der Waals surface area contributed by atoms with Crippen molar-refractivity contribution in [3.8, 4) is 0 Å². The lowest BCUT2D eigenvalue weighted by Gasteiger charge is -1.99. The van der Waals surface area contributed by atoms with E-state index in [1.54, 1.807) is 6.20 Å². The molecule has 0 fully saturated rings. The number of hydrogen-bond donors (Lipinski definition) is 1. The lowest BCUT2D eigenvalue weighted by atomic mass is 10.1. The lowest BCUT2D eigenvalue weighted by molar-refractivity contribution is 0.276. The zero-order valence-electron chi connectivity index (χ0n) is 6.75. The fraction of sp³-hybridized carbons (Fsp3) is 0.444. The average Bonchev–Trinajstić information content (AvgIpc) is 2.06. The van der Waals surface area contributed by atoms with Crippen molar-refractivity contribution >= 4 is 0 Å². The van der Waals surface area contributed by atoms with E-state index in [0.717, 1.165) is 18.5 Å². The molecule has 0 spiro atoms. The number of rotatable bonds is 3. The molecular weight excluding hydrogens is 138 g/mol. The highest BCUT2D eigenvalue weighted by molar-refractivity contribution is 5.15. The molecule has 1 rings (SSSR count). The Bertz CT molecular complexity index is 223. The molecule has 2 nitrogen and oxygen atoms in total. The quantitative estimate of drug-likeness (QED) is 0.710. The summed E-state index contributed by atoms with van der Waals surface area (Å²) in [6, 6.07) is 3.94. The Kier molecular flexibility index (Phi) is 3.05. The van der Waals surface area contributed by atoms with Crippen molar-refractivity contribution in [2.24, 2.45) is 0 Å². The van der Waals surface area contributed by atoms with Crippen molar-refractivity contribution in [1.29, 1.82) is 0 Å². The van der Waals surface area contributed by atoms with Crippen LogP contribution in [0.2, 0.25) is 0 Å².